The van der Waals surface area contributed by atoms with Gasteiger partial charge in [-0.05, 0) is 17.7 Å². The molecule has 1 atom stereocenters. The zero-order valence-corrected chi connectivity index (χ0v) is 15.7. The van der Waals surface area contributed by atoms with Gasteiger partial charge in [0.05, 0.1) is 17.6 Å². The topological polar surface area (TPSA) is 102 Å². The number of piperazine rings is 1. The molecule has 0 aromatic heterocycles. The molecule has 1 saturated heterocycles. The molecule has 1 aliphatic rings. The number of anilines is 2. The Bertz CT molecular complexity index is 779. The largest absolute Gasteiger partial charge is 0.394 e. The van der Waals surface area contributed by atoms with Gasteiger partial charge in [0, 0.05) is 51.0 Å². The summed E-state index contributed by atoms with van der Waals surface area (Å²) in [5.41, 5.74) is 2.50. The molecule has 0 radical (unpaired) electrons. The Balaban J connectivity index is 1.64. The Morgan fingerprint density at radius 1 is 1.11 bits per heavy atom. The van der Waals surface area contributed by atoms with Crippen LogP contribution in [0.1, 0.15) is 5.56 Å². The van der Waals surface area contributed by atoms with E-state index in [1.165, 1.54) is 11.6 Å². The summed E-state index contributed by atoms with van der Waals surface area (Å²) in [7, 11) is 0. The number of nitrogens with one attached hydrogen (secondary N) is 1. The highest BCUT2D eigenvalue weighted by molar-refractivity contribution is 5.69. The Kier molecular flexibility index (Phi) is 6.80. The van der Waals surface area contributed by atoms with Crippen LogP contribution >= 0.6 is 0 Å². The van der Waals surface area contributed by atoms with Crippen molar-refractivity contribution < 1.29 is 15.1 Å². The third-order valence-corrected chi connectivity index (χ3v) is 4.90. The van der Waals surface area contributed by atoms with E-state index in [0.29, 0.717) is 5.69 Å². The van der Waals surface area contributed by atoms with E-state index in [1.807, 2.05) is 18.2 Å². The van der Waals surface area contributed by atoms with Gasteiger partial charge >= 0.3 is 0 Å². The van der Waals surface area contributed by atoms with E-state index >= 15 is 0 Å². The van der Waals surface area contributed by atoms with E-state index in [4.69, 9.17) is 5.11 Å². The van der Waals surface area contributed by atoms with Gasteiger partial charge in [-0.25, -0.2) is 0 Å². The Morgan fingerprint density at radius 2 is 1.82 bits per heavy atom. The Morgan fingerprint density at radius 3 is 2.46 bits per heavy atom. The monoisotopic (exact) mass is 386 g/mol. The van der Waals surface area contributed by atoms with Crippen LogP contribution < -0.4 is 10.2 Å². The minimum atomic E-state index is -0.968. The van der Waals surface area contributed by atoms with Gasteiger partial charge in [-0.3, -0.25) is 15.0 Å². The van der Waals surface area contributed by atoms with Gasteiger partial charge in [0.15, 0.2) is 0 Å². The fourth-order valence-electron chi connectivity index (χ4n) is 3.32. The first kappa shape index (κ1) is 20.1. The Hall–Kier alpha value is -2.68. The van der Waals surface area contributed by atoms with Crippen molar-refractivity contribution in [1.82, 2.24) is 4.90 Å². The first-order valence-electron chi connectivity index (χ1n) is 9.39. The van der Waals surface area contributed by atoms with Gasteiger partial charge in [0.2, 0.25) is 0 Å². The second kappa shape index (κ2) is 9.50. The van der Waals surface area contributed by atoms with Crippen molar-refractivity contribution in [3.8, 4) is 0 Å². The second-order valence-corrected chi connectivity index (χ2v) is 6.92. The molecule has 0 saturated carbocycles. The first-order valence-corrected chi connectivity index (χ1v) is 9.39. The van der Waals surface area contributed by atoms with E-state index in [1.54, 1.807) is 12.1 Å². The van der Waals surface area contributed by atoms with Gasteiger partial charge in [0.25, 0.3) is 5.69 Å². The van der Waals surface area contributed by atoms with Gasteiger partial charge < -0.3 is 20.4 Å². The van der Waals surface area contributed by atoms with E-state index in [0.717, 1.165) is 38.4 Å². The van der Waals surface area contributed by atoms with Crippen LogP contribution in [-0.2, 0) is 6.54 Å². The van der Waals surface area contributed by atoms with Crippen LogP contribution in [0.2, 0.25) is 0 Å². The minimum Gasteiger partial charge on any atom is -0.394 e. The van der Waals surface area contributed by atoms with E-state index < -0.39 is 17.6 Å². The fraction of sp³-hybridized carbons (Fsp3) is 0.400. The fourth-order valence-corrected chi connectivity index (χ4v) is 3.32. The quantitative estimate of drug-likeness (QED) is 0.469. The summed E-state index contributed by atoms with van der Waals surface area (Å²) in [5, 5.41) is 32.6. The van der Waals surface area contributed by atoms with Crippen LogP contribution in [0.5, 0.6) is 0 Å². The van der Waals surface area contributed by atoms with Crippen molar-refractivity contribution in [1.29, 1.82) is 0 Å². The van der Waals surface area contributed by atoms with Crippen molar-refractivity contribution in [2.75, 3.05) is 49.5 Å². The van der Waals surface area contributed by atoms with Crippen LogP contribution in [0.25, 0.3) is 0 Å². The number of nitro benzene ring substituents is 1. The van der Waals surface area contributed by atoms with Crippen molar-refractivity contribution in [2.24, 2.45) is 0 Å². The molecule has 2 aromatic rings. The predicted octanol–water partition coefficient (Wildman–Crippen LogP) is 1.68. The number of nitrogens with zero attached hydrogens (tertiary/aromatic N) is 3. The number of rotatable bonds is 8. The summed E-state index contributed by atoms with van der Waals surface area (Å²) in [6, 6.07) is 15.4. The SMILES string of the molecule is O=[N+]([O-])c1ccc(N2CCN(Cc3ccccc3)CC2)cc1NCC(O)CO. The van der Waals surface area contributed by atoms with Crippen LogP contribution in [-0.4, -0.2) is 65.5 Å². The third kappa shape index (κ3) is 5.19. The van der Waals surface area contributed by atoms with Gasteiger partial charge in [-0.15, -0.1) is 0 Å². The van der Waals surface area contributed by atoms with Gasteiger partial charge in [-0.2, -0.15) is 0 Å². The molecule has 0 spiro atoms. The summed E-state index contributed by atoms with van der Waals surface area (Å²) in [6.07, 6.45) is -0.968. The zero-order valence-electron chi connectivity index (χ0n) is 15.7. The van der Waals surface area contributed by atoms with Gasteiger partial charge in [-0.1, -0.05) is 30.3 Å². The normalized spacial score (nSPS) is 16.0. The predicted molar refractivity (Wildman–Crippen MR) is 109 cm³/mol. The third-order valence-electron chi connectivity index (χ3n) is 4.90. The number of benzene rings is 2. The van der Waals surface area contributed by atoms with Crippen LogP contribution in [0.3, 0.4) is 0 Å². The highest BCUT2D eigenvalue weighted by atomic mass is 16.6. The number of nitro groups is 1. The first-order chi connectivity index (χ1) is 13.6. The maximum absolute atomic E-state index is 11.3. The molecule has 1 heterocycles. The number of hydrogen-bond donors (Lipinski definition) is 3. The molecule has 28 heavy (non-hydrogen) atoms. The summed E-state index contributed by atoms with van der Waals surface area (Å²) in [5.74, 6) is 0. The zero-order chi connectivity index (χ0) is 19.9. The maximum atomic E-state index is 11.3. The number of hydrogen-bond acceptors (Lipinski definition) is 7. The molecule has 8 nitrogen and oxygen atoms in total. The lowest BCUT2D eigenvalue weighted by Gasteiger charge is -2.36. The molecule has 3 rings (SSSR count). The van der Waals surface area contributed by atoms with Crippen molar-refractivity contribution in [3.05, 3.63) is 64.2 Å². The summed E-state index contributed by atoms with van der Waals surface area (Å²) >= 11 is 0. The highest BCUT2D eigenvalue weighted by Gasteiger charge is 2.21. The highest BCUT2D eigenvalue weighted by Crippen LogP contribution is 2.30. The molecule has 8 heteroatoms. The summed E-state index contributed by atoms with van der Waals surface area (Å²) in [4.78, 5) is 15.4. The summed E-state index contributed by atoms with van der Waals surface area (Å²) in [6.45, 7) is 4.07. The lowest BCUT2D eigenvalue weighted by atomic mass is 10.1. The minimum absolute atomic E-state index is 0.0448. The molecule has 150 valence electrons. The van der Waals surface area contributed by atoms with Crippen molar-refractivity contribution in [2.45, 2.75) is 12.6 Å². The van der Waals surface area contributed by atoms with Crippen molar-refractivity contribution >= 4 is 17.1 Å². The maximum Gasteiger partial charge on any atom is 0.292 e. The molecule has 3 N–H and O–H groups in total. The van der Waals surface area contributed by atoms with Crippen LogP contribution in [0.15, 0.2) is 48.5 Å². The molecule has 1 aliphatic heterocycles. The summed E-state index contributed by atoms with van der Waals surface area (Å²) < 4.78 is 0. The number of aliphatic hydroxyl groups is 2. The molecular weight excluding hydrogens is 360 g/mol. The molecule has 1 fully saturated rings. The lowest BCUT2D eigenvalue weighted by Crippen LogP contribution is -2.46. The standard InChI is InChI=1S/C20H26N4O4/c25-15-18(26)13-21-19-12-17(6-7-20(19)24(27)28)23-10-8-22(9-11-23)14-16-4-2-1-3-5-16/h1-7,12,18,21,25-26H,8-11,13-15H2. The smallest absolute Gasteiger partial charge is 0.292 e. The van der Waals surface area contributed by atoms with Crippen LogP contribution in [0.4, 0.5) is 17.1 Å². The van der Waals surface area contributed by atoms with Crippen LogP contribution in [0, 0.1) is 10.1 Å². The molecule has 0 bridgehead atoms. The lowest BCUT2D eigenvalue weighted by molar-refractivity contribution is -0.384. The van der Waals surface area contributed by atoms with E-state index in [2.05, 4.69) is 27.2 Å². The molecule has 2 aromatic carbocycles. The van der Waals surface area contributed by atoms with Crippen molar-refractivity contribution in [3.63, 3.8) is 0 Å². The molecule has 1 unspecified atom stereocenters. The average Bonchev–Trinajstić information content (AvgIpc) is 2.73. The molecular formula is C20H26N4O4. The van der Waals surface area contributed by atoms with E-state index in [-0.39, 0.29) is 12.2 Å². The number of aliphatic hydroxyl groups excluding tert-OH is 2. The van der Waals surface area contributed by atoms with Gasteiger partial charge in [0.1, 0.15) is 5.69 Å². The Labute approximate surface area is 164 Å². The molecule has 0 amide bonds. The molecule has 0 aliphatic carbocycles. The average molecular weight is 386 g/mol. The van der Waals surface area contributed by atoms with E-state index in [9.17, 15) is 15.2 Å². The second-order valence-electron chi connectivity index (χ2n) is 6.92.